The first-order valence-corrected chi connectivity index (χ1v) is 11.1. The van der Waals surface area contributed by atoms with Gasteiger partial charge in [0.25, 0.3) is 0 Å². The van der Waals surface area contributed by atoms with E-state index in [1.807, 2.05) is 43.3 Å². The van der Waals surface area contributed by atoms with Crippen LogP contribution in [0.1, 0.15) is 48.3 Å². The van der Waals surface area contributed by atoms with E-state index in [1.54, 1.807) is 13.2 Å². The monoisotopic (exact) mass is 430 g/mol. The molecule has 0 radical (unpaired) electrons. The van der Waals surface area contributed by atoms with E-state index in [1.165, 1.54) is 5.56 Å². The van der Waals surface area contributed by atoms with Crippen molar-refractivity contribution < 1.29 is 14.6 Å². The Balaban J connectivity index is 1.78. The Labute approximate surface area is 189 Å². The molecule has 2 unspecified atom stereocenters. The van der Waals surface area contributed by atoms with Crippen molar-refractivity contribution in [2.24, 2.45) is 0 Å². The third kappa shape index (κ3) is 4.43. The molecule has 4 rings (SSSR count). The first kappa shape index (κ1) is 21.8. The third-order valence-corrected chi connectivity index (χ3v) is 5.77. The van der Waals surface area contributed by atoms with Gasteiger partial charge in [-0.1, -0.05) is 61.5 Å². The number of hydrogen-bond donors (Lipinski definition) is 3. The van der Waals surface area contributed by atoms with Crippen molar-refractivity contribution in [3.05, 3.63) is 95.1 Å². The smallest absolute Gasteiger partial charge is 0.162 e. The van der Waals surface area contributed by atoms with Crippen LogP contribution in [0.5, 0.6) is 17.2 Å². The molecule has 1 aliphatic heterocycles. The molecular formula is C27H30N2O3. The number of methoxy groups -OCH3 is 1. The van der Waals surface area contributed by atoms with E-state index < -0.39 is 0 Å². The summed E-state index contributed by atoms with van der Waals surface area (Å²) >= 11 is 0. The number of hydrogen-bond acceptors (Lipinski definition) is 5. The van der Waals surface area contributed by atoms with Gasteiger partial charge in [-0.05, 0) is 42.7 Å². The summed E-state index contributed by atoms with van der Waals surface area (Å²) < 4.78 is 11.2. The number of nitrogens with one attached hydrogen (secondary N) is 2. The predicted octanol–water partition coefficient (Wildman–Crippen LogP) is 5.34. The molecule has 0 aliphatic carbocycles. The molecule has 3 aromatic rings. The van der Waals surface area contributed by atoms with Gasteiger partial charge in [-0.15, -0.1) is 0 Å². The summed E-state index contributed by atoms with van der Waals surface area (Å²) in [7, 11) is 1.68. The number of phenols is 1. The van der Waals surface area contributed by atoms with Crippen LogP contribution in [0.3, 0.4) is 0 Å². The van der Waals surface area contributed by atoms with Crippen molar-refractivity contribution in [3.63, 3.8) is 0 Å². The van der Waals surface area contributed by atoms with Gasteiger partial charge in [0, 0.05) is 16.8 Å². The minimum absolute atomic E-state index is 0.157. The summed E-state index contributed by atoms with van der Waals surface area (Å²) in [5.41, 5.74) is 5.14. The van der Waals surface area contributed by atoms with Crippen molar-refractivity contribution in [2.45, 2.75) is 32.5 Å². The summed E-state index contributed by atoms with van der Waals surface area (Å²) in [6.07, 6.45) is 2.90. The molecule has 166 valence electrons. The van der Waals surface area contributed by atoms with Gasteiger partial charge in [-0.2, -0.15) is 0 Å². The maximum absolute atomic E-state index is 10.9. The molecule has 2 atom stereocenters. The zero-order valence-corrected chi connectivity index (χ0v) is 18.8. The first-order valence-electron chi connectivity index (χ1n) is 11.1. The van der Waals surface area contributed by atoms with Crippen LogP contribution in [0, 0.1) is 0 Å². The lowest BCUT2D eigenvalue weighted by molar-refractivity contribution is 0.314. The minimum atomic E-state index is -0.229. The average Bonchev–Trinajstić information content (AvgIpc) is 2.85. The maximum atomic E-state index is 10.9. The van der Waals surface area contributed by atoms with Crippen LogP contribution in [-0.4, -0.2) is 18.8 Å². The van der Waals surface area contributed by atoms with Crippen molar-refractivity contribution in [1.82, 2.24) is 10.6 Å². The van der Waals surface area contributed by atoms with Gasteiger partial charge in [-0.25, -0.2) is 0 Å². The van der Waals surface area contributed by atoms with Crippen LogP contribution in [-0.2, 0) is 6.42 Å². The number of aryl methyl sites for hydroxylation is 1. The molecule has 3 aromatic carbocycles. The van der Waals surface area contributed by atoms with Crippen LogP contribution in [0.25, 0.3) is 5.70 Å². The molecule has 0 amide bonds. The molecule has 0 aromatic heterocycles. The predicted molar refractivity (Wildman–Crippen MR) is 128 cm³/mol. The fourth-order valence-electron chi connectivity index (χ4n) is 4.05. The Morgan fingerprint density at radius 2 is 1.59 bits per heavy atom. The number of benzene rings is 3. The molecule has 1 heterocycles. The Morgan fingerprint density at radius 3 is 2.31 bits per heavy atom. The van der Waals surface area contributed by atoms with E-state index in [0.29, 0.717) is 12.4 Å². The van der Waals surface area contributed by atoms with Crippen molar-refractivity contribution in [3.8, 4) is 17.2 Å². The van der Waals surface area contributed by atoms with Crippen LogP contribution in [0.4, 0.5) is 0 Å². The third-order valence-electron chi connectivity index (χ3n) is 5.77. The average molecular weight is 431 g/mol. The highest BCUT2D eigenvalue weighted by Gasteiger charge is 2.28. The molecule has 0 bridgehead atoms. The van der Waals surface area contributed by atoms with Gasteiger partial charge in [0.1, 0.15) is 11.9 Å². The van der Waals surface area contributed by atoms with E-state index in [0.717, 1.165) is 34.6 Å². The molecule has 0 saturated heterocycles. The van der Waals surface area contributed by atoms with Gasteiger partial charge in [0.2, 0.25) is 0 Å². The lowest BCUT2D eigenvalue weighted by Crippen LogP contribution is -2.39. The number of para-hydroxylation sites is 2. The second-order valence-electron chi connectivity index (χ2n) is 7.72. The van der Waals surface area contributed by atoms with E-state index in [-0.39, 0.29) is 18.0 Å². The molecule has 3 N–H and O–H groups in total. The molecular weight excluding hydrogens is 400 g/mol. The van der Waals surface area contributed by atoms with Gasteiger partial charge in [0.15, 0.2) is 11.5 Å². The van der Waals surface area contributed by atoms with E-state index in [2.05, 4.69) is 47.9 Å². The van der Waals surface area contributed by atoms with Gasteiger partial charge in [-0.3, -0.25) is 5.32 Å². The van der Waals surface area contributed by atoms with Crippen LogP contribution >= 0.6 is 0 Å². The summed E-state index contributed by atoms with van der Waals surface area (Å²) in [4.78, 5) is 0. The fourth-order valence-corrected chi connectivity index (χ4v) is 4.05. The first-order chi connectivity index (χ1) is 15.6. The van der Waals surface area contributed by atoms with Crippen LogP contribution < -0.4 is 20.1 Å². The Morgan fingerprint density at radius 1 is 0.875 bits per heavy atom. The minimum Gasteiger partial charge on any atom is -0.504 e. The topological polar surface area (TPSA) is 62.8 Å². The van der Waals surface area contributed by atoms with Crippen molar-refractivity contribution in [2.75, 3.05) is 13.7 Å². The highest BCUT2D eigenvalue weighted by Crippen LogP contribution is 2.39. The molecule has 0 fully saturated rings. The lowest BCUT2D eigenvalue weighted by atomic mass is 9.97. The Bertz CT molecular complexity index is 1090. The number of ether oxygens (including phenoxy) is 2. The molecule has 5 heteroatoms. The Hall–Kier alpha value is -3.44. The van der Waals surface area contributed by atoms with E-state index >= 15 is 0 Å². The SMILES string of the molecule is CCOc1cccc(C2C=C(c3ccc(CC)cc3)NC(c3ccccc3OC)N2)c1O. The number of phenolic OH excluding ortho intramolecular Hbond substituents is 1. The largest absolute Gasteiger partial charge is 0.504 e. The fraction of sp³-hybridized carbons (Fsp3) is 0.259. The van der Waals surface area contributed by atoms with Gasteiger partial charge in [0.05, 0.1) is 19.8 Å². The van der Waals surface area contributed by atoms with Gasteiger partial charge < -0.3 is 19.9 Å². The van der Waals surface area contributed by atoms with Crippen LogP contribution in [0.2, 0.25) is 0 Å². The zero-order valence-electron chi connectivity index (χ0n) is 18.8. The highest BCUT2D eigenvalue weighted by atomic mass is 16.5. The Kier molecular flexibility index (Phi) is 6.66. The van der Waals surface area contributed by atoms with Crippen molar-refractivity contribution >= 4 is 5.70 Å². The lowest BCUT2D eigenvalue weighted by Gasteiger charge is -2.34. The summed E-state index contributed by atoms with van der Waals surface area (Å²) in [5, 5.41) is 18.1. The molecule has 5 nitrogen and oxygen atoms in total. The summed E-state index contributed by atoms with van der Waals surface area (Å²) in [6, 6.07) is 21.9. The van der Waals surface area contributed by atoms with Crippen LogP contribution in [0.15, 0.2) is 72.8 Å². The normalized spacial score (nSPS) is 17.9. The highest BCUT2D eigenvalue weighted by molar-refractivity contribution is 5.67. The molecule has 0 saturated carbocycles. The zero-order chi connectivity index (χ0) is 22.5. The molecule has 1 aliphatic rings. The summed E-state index contributed by atoms with van der Waals surface area (Å²) in [6.45, 7) is 4.55. The number of rotatable bonds is 7. The second kappa shape index (κ2) is 9.79. The second-order valence-corrected chi connectivity index (χ2v) is 7.72. The van der Waals surface area contributed by atoms with Crippen molar-refractivity contribution in [1.29, 1.82) is 0 Å². The number of aromatic hydroxyl groups is 1. The molecule has 0 spiro atoms. The maximum Gasteiger partial charge on any atom is 0.162 e. The quantitative estimate of drug-likeness (QED) is 0.473. The van der Waals surface area contributed by atoms with E-state index in [9.17, 15) is 5.11 Å². The summed E-state index contributed by atoms with van der Waals surface area (Å²) in [5.74, 6) is 1.44. The standard InChI is InChI=1S/C27H30N2O3/c1-4-18-13-15-19(16-14-18)22-17-23(20-10-8-12-25(26(20)30)32-5-2)29-27(28-22)21-9-6-7-11-24(21)31-3/h6-17,23,27-30H,4-5H2,1-3H3. The van der Waals surface area contributed by atoms with Gasteiger partial charge >= 0.3 is 0 Å². The molecule has 32 heavy (non-hydrogen) atoms. The van der Waals surface area contributed by atoms with E-state index in [4.69, 9.17) is 9.47 Å².